The Balaban J connectivity index is 2.30. The zero-order valence-corrected chi connectivity index (χ0v) is 11.2. The summed E-state index contributed by atoms with van der Waals surface area (Å²) in [6.07, 6.45) is 1.07. The van der Waals surface area contributed by atoms with Crippen molar-refractivity contribution >= 4 is 11.3 Å². The van der Waals surface area contributed by atoms with E-state index in [0.29, 0.717) is 0 Å². The van der Waals surface area contributed by atoms with Crippen LogP contribution in [0.25, 0.3) is 0 Å². The van der Waals surface area contributed by atoms with Gasteiger partial charge in [-0.3, -0.25) is 0 Å². The average molecular weight is 230 g/mol. The standard InChI is InChI=1S/C15H18S/c1-10-5-7-14(8-6-10)9-15-11(2)12(3)16-13(15)4/h5-8H,9H2,1-4H3. The van der Waals surface area contributed by atoms with Crippen LogP contribution in [0.15, 0.2) is 24.3 Å². The van der Waals surface area contributed by atoms with E-state index < -0.39 is 0 Å². The van der Waals surface area contributed by atoms with Crippen molar-refractivity contribution in [1.82, 2.24) is 0 Å². The molecule has 0 saturated carbocycles. The number of hydrogen-bond acceptors (Lipinski definition) is 1. The Morgan fingerprint density at radius 1 is 0.875 bits per heavy atom. The van der Waals surface area contributed by atoms with Crippen molar-refractivity contribution in [1.29, 1.82) is 0 Å². The van der Waals surface area contributed by atoms with Gasteiger partial charge in [-0.2, -0.15) is 0 Å². The minimum Gasteiger partial charge on any atom is -0.145 e. The summed E-state index contributed by atoms with van der Waals surface area (Å²) >= 11 is 1.92. The molecule has 2 rings (SSSR count). The van der Waals surface area contributed by atoms with Crippen LogP contribution in [0.5, 0.6) is 0 Å². The van der Waals surface area contributed by atoms with Gasteiger partial charge in [-0.1, -0.05) is 29.8 Å². The molecule has 0 aliphatic heterocycles. The lowest BCUT2D eigenvalue weighted by molar-refractivity contribution is 1.14. The zero-order chi connectivity index (χ0) is 11.7. The van der Waals surface area contributed by atoms with E-state index in [4.69, 9.17) is 0 Å². The van der Waals surface area contributed by atoms with E-state index in [-0.39, 0.29) is 0 Å². The van der Waals surface area contributed by atoms with Gasteiger partial charge in [-0.05, 0) is 50.8 Å². The van der Waals surface area contributed by atoms with E-state index in [1.807, 2.05) is 11.3 Å². The fourth-order valence-electron chi connectivity index (χ4n) is 2.01. The van der Waals surface area contributed by atoms with Gasteiger partial charge in [-0.15, -0.1) is 11.3 Å². The summed E-state index contributed by atoms with van der Waals surface area (Å²) in [7, 11) is 0. The molecule has 0 bridgehead atoms. The molecule has 0 radical (unpaired) electrons. The van der Waals surface area contributed by atoms with Crippen LogP contribution < -0.4 is 0 Å². The smallest absolute Gasteiger partial charge is 0.00551 e. The van der Waals surface area contributed by atoms with Crippen LogP contribution in [0, 0.1) is 27.7 Å². The van der Waals surface area contributed by atoms with E-state index in [2.05, 4.69) is 52.0 Å². The summed E-state index contributed by atoms with van der Waals surface area (Å²) in [6, 6.07) is 8.86. The van der Waals surface area contributed by atoms with E-state index in [1.165, 1.54) is 32.0 Å². The number of aryl methyl sites for hydroxylation is 3. The molecular weight excluding hydrogens is 212 g/mol. The van der Waals surface area contributed by atoms with Crippen LogP contribution in [0.1, 0.15) is 32.0 Å². The van der Waals surface area contributed by atoms with Crippen molar-refractivity contribution in [2.24, 2.45) is 0 Å². The first-order valence-electron chi connectivity index (χ1n) is 5.69. The molecule has 0 atom stereocenters. The van der Waals surface area contributed by atoms with Crippen LogP contribution in [0.2, 0.25) is 0 Å². The molecule has 84 valence electrons. The van der Waals surface area contributed by atoms with Crippen molar-refractivity contribution in [3.63, 3.8) is 0 Å². The summed E-state index contributed by atoms with van der Waals surface area (Å²) in [5.41, 5.74) is 5.74. The predicted molar refractivity (Wildman–Crippen MR) is 72.5 cm³/mol. The molecule has 0 spiro atoms. The highest BCUT2D eigenvalue weighted by molar-refractivity contribution is 7.12. The summed E-state index contributed by atoms with van der Waals surface area (Å²) in [4.78, 5) is 2.93. The third-order valence-corrected chi connectivity index (χ3v) is 4.38. The molecule has 0 nitrogen and oxygen atoms in total. The highest BCUT2D eigenvalue weighted by atomic mass is 32.1. The number of rotatable bonds is 2. The maximum atomic E-state index is 2.24. The summed E-state index contributed by atoms with van der Waals surface area (Å²) in [5, 5.41) is 0. The lowest BCUT2D eigenvalue weighted by Crippen LogP contribution is -1.91. The SMILES string of the molecule is Cc1ccc(Cc2c(C)sc(C)c2C)cc1. The molecule has 1 aromatic heterocycles. The maximum absolute atomic E-state index is 2.24. The highest BCUT2D eigenvalue weighted by Gasteiger charge is 2.09. The monoisotopic (exact) mass is 230 g/mol. The largest absolute Gasteiger partial charge is 0.145 e. The molecule has 0 amide bonds. The Bertz CT molecular complexity index is 489. The van der Waals surface area contributed by atoms with Gasteiger partial charge >= 0.3 is 0 Å². The van der Waals surface area contributed by atoms with Crippen LogP contribution in [0.3, 0.4) is 0 Å². The molecule has 1 heterocycles. The van der Waals surface area contributed by atoms with Crippen molar-refractivity contribution in [3.05, 3.63) is 56.3 Å². The van der Waals surface area contributed by atoms with E-state index in [9.17, 15) is 0 Å². The third-order valence-electron chi connectivity index (χ3n) is 3.21. The molecule has 0 aliphatic rings. The summed E-state index contributed by atoms with van der Waals surface area (Å²) in [5.74, 6) is 0. The fourth-order valence-corrected chi connectivity index (χ4v) is 3.10. The minimum atomic E-state index is 1.07. The summed E-state index contributed by atoms with van der Waals surface area (Å²) in [6.45, 7) is 8.82. The van der Waals surface area contributed by atoms with E-state index in [0.717, 1.165) is 6.42 Å². The minimum absolute atomic E-state index is 1.07. The molecule has 0 aliphatic carbocycles. The Kier molecular flexibility index (Phi) is 3.15. The Hall–Kier alpha value is -1.08. The second-order valence-electron chi connectivity index (χ2n) is 4.48. The zero-order valence-electron chi connectivity index (χ0n) is 10.4. The molecule has 0 N–H and O–H groups in total. The summed E-state index contributed by atoms with van der Waals surface area (Å²) < 4.78 is 0. The van der Waals surface area contributed by atoms with Gasteiger partial charge in [-0.25, -0.2) is 0 Å². The van der Waals surface area contributed by atoms with Gasteiger partial charge in [0.15, 0.2) is 0 Å². The Morgan fingerprint density at radius 2 is 1.50 bits per heavy atom. The maximum Gasteiger partial charge on any atom is 0.00551 e. The number of thiophene rings is 1. The number of hydrogen-bond donors (Lipinski definition) is 0. The number of benzene rings is 1. The van der Waals surface area contributed by atoms with Gasteiger partial charge in [0.1, 0.15) is 0 Å². The van der Waals surface area contributed by atoms with E-state index in [1.54, 1.807) is 0 Å². The quantitative estimate of drug-likeness (QED) is 0.709. The van der Waals surface area contributed by atoms with Crippen molar-refractivity contribution in [2.75, 3.05) is 0 Å². The van der Waals surface area contributed by atoms with Crippen molar-refractivity contribution < 1.29 is 0 Å². The van der Waals surface area contributed by atoms with Crippen LogP contribution >= 0.6 is 11.3 Å². The first-order valence-corrected chi connectivity index (χ1v) is 6.50. The highest BCUT2D eigenvalue weighted by Crippen LogP contribution is 2.28. The van der Waals surface area contributed by atoms with Crippen molar-refractivity contribution in [2.45, 2.75) is 34.1 Å². The molecule has 1 heteroatoms. The second-order valence-corrected chi connectivity index (χ2v) is 5.91. The molecule has 0 unspecified atom stereocenters. The predicted octanol–water partition coefficient (Wildman–Crippen LogP) is 4.57. The average Bonchev–Trinajstić information content (AvgIpc) is 2.48. The lowest BCUT2D eigenvalue weighted by atomic mass is 10.0. The fraction of sp³-hybridized carbons (Fsp3) is 0.333. The third kappa shape index (κ3) is 2.19. The van der Waals surface area contributed by atoms with Gasteiger partial charge in [0.05, 0.1) is 0 Å². The first-order chi connectivity index (χ1) is 7.58. The molecule has 1 aromatic carbocycles. The molecule has 2 aromatic rings. The van der Waals surface area contributed by atoms with Crippen molar-refractivity contribution in [3.8, 4) is 0 Å². The second kappa shape index (κ2) is 4.42. The molecular formula is C15H18S. The lowest BCUT2D eigenvalue weighted by Gasteiger charge is -2.04. The van der Waals surface area contributed by atoms with Gasteiger partial charge in [0, 0.05) is 9.75 Å². The molecule has 0 saturated heterocycles. The Labute approximate surface area is 102 Å². The van der Waals surface area contributed by atoms with E-state index >= 15 is 0 Å². The van der Waals surface area contributed by atoms with Gasteiger partial charge in [0.25, 0.3) is 0 Å². The van der Waals surface area contributed by atoms with Crippen LogP contribution in [-0.4, -0.2) is 0 Å². The molecule has 0 fully saturated rings. The normalized spacial score (nSPS) is 10.8. The topological polar surface area (TPSA) is 0 Å². The van der Waals surface area contributed by atoms with Crippen LogP contribution in [0.4, 0.5) is 0 Å². The van der Waals surface area contributed by atoms with Gasteiger partial charge < -0.3 is 0 Å². The molecule has 16 heavy (non-hydrogen) atoms. The van der Waals surface area contributed by atoms with Crippen LogP contribution in [-0.2, 0) is 6.42 Å². The first kappa shape index (κ1) is 11.4. The van der Waals surface area contributed by atoms with Gasteiger partial charge in [0.2, 0.25) is 0 Å². The Morgan fingerprint density at radius 3 is 2.00 bits per heavy atom.